The number of hydrogen-bond acceptors (Lipinski definition) is 4. The summed E-state index contributed by atoms with van der Waals surface area (Å²) in [5.41, 5.74) is 1.90. The number of likely N-dealkylation sites (tertiary alicyclic amines) is 1. The Balaban J connectivity index is 1.69. The predicted octanol–water partition coefficient (Wildman–Crippen LogP) is 3.09. The van der Waals surface area contributed by atoms with E-state index >= 15 is 0 Å². The van der Waals surface area contributed by atoms with Crippen molar-refractivity contribution < 1.29 is 18.8 Å². The summed E-state index contributed by atoms with van der Waals surface area (Å²) in [4.78, 5) is 14.5. The molecule has 128 valence electrons. The summed E-state index contributed by atoms with van der Waals surface area (Å²) >= 11 is 0. The van der Waals surface area contributed by atoms with Gasteiger partial charge in [-0.3, -0.25) is 4.79 Å². The Hall–Kier alpha value is -2.73. The Morgan fingerprint density at radius 1 is 1.28 bits per heavy atom. The van der Waals surface area contributed by atoms with Crippen LogP contribution >= 0.6 is 0 Å². The van der Waals surface area contributed by atoms with Crippen molar-refractivity contribution in [2.24, 2.45) is 5.92 Å². The molecule has 2 aromatic carbocycles. The van der Waals surface area contributed by atoms with Gasteiger partial charge >= 0.3 is 0 Å². The van der Waals surface area contributed by atoms with Gasteiger partial charge in [0.25, 0.3) is 5.91 Å². The highest BCUT2D eigenvalue weighted by atomic mass is 19.1. The molecule has 0 aliphatic carbocycles. The monoisotopic (exact) mass is 340 g/mol. The summed E-state index contributed by atoms with van der Waals surface area (Å²) < 4.78 is 18.5. The largest absolute Gasteiger partial charge is 0.396 e. The molecule has 1 aliphatic heterocycles. The van der Waals surface area contributed by atoms with E-state index in [2.05, 4.69) is 5.16 Å². The van der Waals surface area contributed by atoms with Gasteiger partial charge in [0, 0.05) is 36.7 Å². The van der Waals surface area contributed by atoms with Gasteiger partial charge in [-0.25, -0.2) is 4.39 Å². The minimum atomic E-state index is -0.323. The molecule has 1 atom stereocenters. The molecule has 25 heavy (non-hydrogen) atoms. The molecule has 5 nitrogen and oxygen atoms in total. The quantitative estimate of drug-likeness (QED) is 0.796. The summed E-state index contributed by atoms with van der Waals surface area (Å²) in [6, 6.07) is 11.2. The highest BCUT2D eigenvalue weighted by Crippen LogP contribution is 2.30. The lowest BCUT2D eigenvalue weighted by Gasteiger charge is -2.16. The molecule has 3 aromatic rings. The molecule has 1 N–H and O–H groups in total. The van der Waals surface area contributed by atoms with Gasteiger partial charge < -0.3 is 14.5 Å². The Bertz CT molecular complexity index is 920. The average Bonchev–Trinajstić information content (AvgIpc) is 3.28. The topological polar surface area (TPSA) is 66.6 Å². The van der Waals surface area contributed by atoms with Gasteiger partial charge in [0.15, 0.2) is 5.76 Å². The minimum absolute atomic E-state index is 0.0656. The Morgan fingerprint density at radius 2 is 2.08 bits per heavy atom. The smallest absolute Gasteiger partial charge is 0.253 e. The summed E-state index contributed by atoms with van der Waals surface area (Å²) in [5.74, 6) is 0.275. The standard InChI is InChI=1S/C19H17FN2O3/c20-15-4-1-13(2-5-15)18-16-9-14(3-6-17(16)21-25-18)19(24)22-8-7-12(10-22)11-23/h1-6,9,12,23H,7-8,10-11H2. The van der Waals surface area contributed by atoms with Crippen LogP contribution in [0, 0.1) is 11.7 Å². The third kappa shape index (κ3) is 2.89. The van der Waals surface area contributed by atoms with Crippen LogP contribution in [-0.2, 0) is 0 Å². The number of hydrogen-bond donors (Lipinski definition) is 1. The zero-order valence-electron chi connectivity index (χ0n) is 13.5. The number of aliphatic hydroxyl groups excluding tert-OH is 1. The van der Waals surface area contributed by atoms with Gasteiger partial charge in [-0.2, -0.15) is 0 Å². The van der Waals surface area contributed by atoms with Crippen molar-refractivity contribution in [3.05, 3.63) is 53.8 Å². The molecular formula is C19H17FN2O3. The molecule has 1 saturated heterocycles. The molecule has 1 amide bonds. The average molecular weight is 340 g/mol. The third-order valence-corrected chi connectivity index (χ3v) is 4.66. The van der Waals surface area contributed by atoms with Crippen molar-refractivity contribution in [2.45, 2.75) is 6.42 Å². The van der Waals surface area contributed by atoms with Crippen LogP contribution in [0.3, 0.4) is 0 Å². The van der Waals surface area contributed by atoms with Crippen LogP contribution in [0.2, 0.25) is 0 Å². The fourth-order valence-electron chi connectivity index (χ4n) is 3.23. The van der Waals surface area contributed by atoms with Crippen molar-refractivity contribution in [1.29, 1.82) is 0 Å². The first-order valence-corrected chi connectivity index (χ1v) is 8.21. The highest BCUT2D eigenvalue weighted by molar-refractivity contribution is 6.01. The maximum atomic E-state index is 13.1. The van der Waals surface area contributed by atoms with Crippen LogP contribution in [0.5, 0.6) is 0 Å². The molecular weight excluding hydrogens is 323 g/mol. The van der Waals surface area contributed by atoms with E-state index in [9.17, 15) is 14.3 Å². The zero-order chi connectivity index (χ0) is 17.4. The lowest BCUT2D eigenvalue weighted by Crippen LogP contribution is -2.29. The van der Waals surface area contributed by atoms with Crippen LogP contribution in [0.1, 0.15) is 16.8 Å². The van der Waals surface area contributed by atoms with Crippen LogP contribution in [0.15, 0.2) is 47.0 Å². The second-order valence-corrected chi connectivity index (χ2v) is 6.34. The first-order valence-electron chi connectivity index (χ1n) is 8.21. The maximum absolute atomic E-state index is 13.1. The van der Waals surface area contributed by atoms with Crippen molar-refractivity contribution in [2.75, 3.05) is 19.7 Å². The highest BCUT2D eigenvalue weighted by Gasteiger charge is 2.27. The maximum Gasteiger partial charge on any atom is 0.253 e. The van der Waals surface area contributed by atoms with E-state index in [4.69, 9.17) is 4.52 Å². The molecule has 0 saturated carbocycles. The summed E-state index contributed by atoms with van der Waals surface area (Å²) in [6.07, 6.45) is 0.818. The van der Waals surface area contributed by atoms with Crippen LogP contribution < -0.4 is 0 Å². The van der Waals surface area contributed by atoms with E-state index < -0.39 is 0 Å². The Labute approximate surface area is 143 Å². The van der Waals surface area contributed by atoms with E-state index in [0.717, 1.165) is 11.8 Å². The van der Waals surface area contributed by atoms with Crippen molar-refractivity contribution >= 4 is 16.8 Å². The van der Waals surface area contributed by atoms with Gasteiger partial charge in [0.05, 0.1) is 5.39 Å². The number of amides is 1. The number of aromatic nitrogens is 1. The van der Waals surface area contributed by atoms with Gasteiger partial charge in [-0.05, 0) is 48.9 Å². The Morgan fingerprint density at radius 3 is 2.80 bits per heavy atom. The molecule has 1 aliphatic rings. The van der Waals surface area contributed by atoms with E-state index in [1.54, 1.807) is 35.2 Å². The van der Waals surface area contributed by atoms with Crippen LogP contribution in [0.4, 0.5) is 4.39 Å². The van der Waals surface area contributed by atoms with E-state index in [0.29, 0.717) is 35.5 Å². The molecule has 6 heteroatoms. The van der Waals surface area contributed by atoms with E-state index in [-0.39, 0.29) is 24.2 Å². The fourth-order valence-corrected chi connectivity index (χ4v) is 3.23. The number of benzene rings is 2. The first kappa shape index (κ1) is 15.8. The second-order valence-electron chi connectivity index (χ2n) is 6.34. The number of aliphatic hydroxyl groups is 1. The SMILES string of the molecule is O=C(c1ccc2noc(-c3ccc(F)cc3)c2c1)N1CCC(CO)C1. The number of carbonyl (C=O) groups is 1. The van der Waals surface area contributed by atoms with E-state index in [1.165, 1.54) is 12.1 Å². The molecule has 2 heterocycles. The summed E-state index contributed by atoms with van der Waals surface area (Å²) in [7, 11) is 0. The lowest BCUT2D eigenvalue weighted by atomic mass is 10.1. The number of halogens is 1. The normalized spacial score (nSPS) is 17.4. The van der Waals surface area contributed by atoms with Gasteiger partial charge in [0.2, 0.25) is 0 Å². The third-order valence-electron chi connectivity index (χ3n) is 4.66. The van der Waals surface area contributed by atoms with Gasteiger partial charge in [0.1, 0.15) is 11.3 Å². The Kier molecular flexibility index (Phi) is 3.97. The number of rotatable bonds is 3. The first-order chi connectivity index (χ1) is 12.2. The van der Waals surface area contributed by atoms with Crippen molar-refractivity contribution in [3.63, 3.8) is 0 Å². The molecule has 0 bridgehead atoms. The summed E-state index contributed by atoms with van der Waals surface area (Å²) in [6.45, 7) is 1.32. The summed E-state index contributed by atoms with van der Waals surface area (Å²) in [5, 5.41) is 14.0. The van der Waals surface area contributed by atoms with Crippen LogP contribution in [0.25, 0.3) is 22.2 Å². The van der Waals surface area contributed by atoms with Gasteiger partial charge in [-0.1, -0.05) is 5.16 Å². The zero-order valence-corrected chi connectivity index (χ0v) is 13.5. The predicted molar refractivity (Wildman–Crippen MR) is 90.5 cm³/mol. The lowest BCUT2D eigenvalue weighted by molar-refractivity contribution is 0.0782. The molecule has 4 rings (SSSR count). The van der Waals surface area contributed by atoms with Crippen molar-refractivity contribution in [3.8, 4) is 11.3 Å². The molecule has 1 unspecified atom stereocenters. The minimum Gasteiger partial charge on any atom is -0.396 e. The second kappa shape index (κ2) is 6.29. The van der Waals surface area contributed by atoms with Crippen molar-refractivity contribution in [1.82, 2.24) is 10.1 Å². The van der Waals surface area contributed by atoms with Gasteiger partial charge in [-0.15, -0.1) is 0 Å². The number of carbonyl (C=O) groups excluding carboxylic acids is 1. The fraction of sp³-hybridized carbons (Fsp3) is 0.263. The number of fused-ring (bicyclic) bond motifs is 1. The van der Waals surface area contributed by atoms with Crippen LogP contribution in [-0.4, -0.2) is 40.8 Å². The molecule has 0 spiro atoms. The molecule has 1 aromatic heterocycles. The number of nitrogens with zero attached hydrogens (tertiary/aromatic N) is 2. The molecule has 1 fully saturated rings. The molecule has 0 radical (unpaired) electrons. The van der Waals surface area contributed by atoms with E-state index in [1.807, 2.05) is 0 Å².